The minimum atomic E-state index is 0.563. The van der Waals surface area contributed by atoms with Gasteiger partial charge in [-0.05, 0) is 54.5 Å². The first-order chi connectivity index (χ1) is 11.1. The van der Waals surface area contributed by atoms with Crippen molar-refractivity contribution in [3.63, 3.8) is 0 Å². The van der Waals surface area contributed by atoms with Crippen LogP contribution in [0.3, 0.4) is 0 Å². The summed E-state index contributed by atoms with van der Waals surface area (Å²) in [6.45, 7) is 1.97. The van der Waals surface area contributed by atoms with Crippen LogP contribution in [0.5, 0.6) is 0 Å². The summed E-state index contributed by atoms with van der Waals surface area (Å²) in [5.74, 6) is 0. The molecule has 0 aliphatic rings. The van der Waals surface area contributed by atoms with Crippen molar-refractivity contribution >= 4 is 38.5 Å². The number of aryl methyl sites for hydroxylation is 1. The Balaban J connectivity index is 2.18. The van der Waals surface area contributed by atoms with Crippen LogP contribution in [0, 0.1) is 29.6 Å². The molecule has 0 unspecified atom stereocenters. The van der Waals surface area contributed by atoms with Crippen molar-refractivity contribution in [3.05, 3.63) is 69.3 Å². The summed E-state index contributed by atoms with van der Waals surface area (Å²) >= 11 is 3.47. The van der Waals surface area contributed by atoms with Gasteiger partial charge in [0.1, 0.15) is 0 Å². The van der Waals surface area contributed by atoms with Crippen LogP contribution in [0.4, 0.5) is 0 Å². The Morgan fingerprint density at radius 1 is 1.17 bits per heavy atom. The Kier molecular flexibility index (Phi) is 4.02. The van der Waals surface area contributed by atoms with Gasteiger partial charge in [-0.1, -0.05) is 22.0 Å². The van der Waals surface area contributed by atoms with Gasteiger partial charge in [-0.25, -0.2) is 0 Å². The zero-order valence-corrected chi connectivity index (χ0v) is 14.0. The Morgan fingerprint density at radius 3 is 2.74 bits per heavy atom. The van der Waals surface area contributed by atoms with Gasteiger partial charge in [-0.2, -0.15) is 10.5 Å². The molecule has 0 radical (unpaired) electrons. The van der Waals surface area contributed by atoms with Crippen LogP contribution < -0.4 is 0 Å². The van der Waals surface area contributed by atoms with Crippen LogP contribution in [-0.2, 0) is 0 Å². The van der Waals surface area contributed by atoms with Crippen molar-refractivity contribution in [2.75, 3.05) is 0 Å². The third-order valence-electron chi connectivity index (χ3n) is 3.76. The van der Waals surface area contributed by atoms with Crippen LogP contribution in [0.25, 0.3) is 22.6 Å². The van der Waals surface area contributed by atoms with Crippen molar-refractivity contribution in [2.24, 2.45) is 0 Å². The molecule has 0 saturated carbocycles. The Morgan fingerprint density at radius 2 is 2.00 bits per heavy atom. The van der Waals surface area contributed by atoms with Crippen LogP contribution in [-0.4, -0.2) is 4.98 Å². The average Bonchev–Trinajstić information content (AvgIpc) is 2.97. The van der Waals surface area contributed by atoms with Gasteiger partial charge in [0.15, 0.2) is 0 Å². The van der Waals surface area contributed by atoms with Crippen molar-refractivity contribution in [3.8, 4) is 12.1 Å². The molecule has 0 atom stereocenters. The Hall–Kier alpha value is -2.82. The molecule has 0 saturated heterocycles. The summed E-state index contributed by atoms with van der Waals surface area (Å²) in [6, 6.07) is 15.8. The number of aromatic amines is 1. The molecule has 0 aliphatic heterocycles. The van der Waals surface area contributed by atoms with Crippen molar-refractivity contribution < 1.29 is 0 Å². The van der Waals surface area contributed by atoms with E-state index in [1.54, 1.807) is 12.1 Å². The maximum absolute atomic E-state index is 9.60. The third-order valence-corrected chi connectivity index (χ3v) is 4.26. The SMILES string of the molecule is Cc1ccc(C#N)cc1/C=C(\C#N)c1c[nH]c2ccc(Br)cc12. The van der Waals surface area contributed by atoms with Crippen molar-refractivity contribution in [1.82, 2.24) is 4.98 Å². The first-order valence-corrected chi connectivity index (χ1v) is 7.81. The molecular formula is C19H12BrN3. The van der Waals surface area contributed by atoms with Gasteiger partial charge in [-0.3, -0.25) is 0 Å². The molecule has 3 nitrogen and oxygen atoms in total. The number of aromatic nitrogens is 1. The number of hydrogen-bond donors (Lipinski definition) is 1. The first kappa shape index (κ1) is 15.1. The lowest BCUT2D eigenvalue weighted by Gasteiger charge is -2.03. The number of nitriles is 2. The largest absolute Gasteiger partial charge is 0.361 e. The van der Waals surface area contributed by atoms with E-state index in [4.69, 9.17) is 5.26 Å². The lowest BCUT2D eigenvalue weighted by Crippen LogP contribution is -1.86. The molecule has 1 N–H and O–H groups in total. The number of allylic oxidation sites excluding steroid dienone is 1. The molecule has 0 bridgehead atoms. The predicted octanol–water partition coefficient (Wildman–Crippen LogP) is 5.17. The van der Waals surface area contributed by atoms with E-state index in [0.29, 0.717) is 11.1 Å². The number of nitrogens with one attached hydrogen (secondary N) is 1. The van der Waals surface area contributed by atoms with Gasteiger partial charge < -0.3 is 4.98 Å². The zero-order valence-electron chi connectivity index (χ0n) is 12.4. The van der Waals surface area contributed by atoms with E-state index in [1.165, 1.54) is 0 Å². The zero-order chi connectivity index (χ0) is 16.4. The number of fused-ring (bicyclic) bond motifs is 1. The highest BCUT2D eigenvalue weighted by Gasteiger charge is 2.10. The Labute approximate surface area is 142 Å². The van der Waals surface area contributed by atoms with E-state index in [2.05, 4.69) is 33.1 Å². The number of hydrogen-bond acceptors (Lipinski definition) is 2. The van der Waals surface area contributed by atoms with Crippen LogP contribution in [0.2, 0.25) is 0 Å². The molecule has 4 heteroatoms. The van der Waals surface area contributed by atoms with E-state index in [-0.39, 0.29) is 0 Å². The minimum absolute atomic E-state index is 0.563. The number of nitrogens with zero attached hydrogens (tertiary/aromatic N) is 2. The second-order valence-corrected chi connectivity index (χ2v) is 6.16. The number of benzene rings is 2. The fraction of sp³-hybridized carbons (Fsp3) is 0.0526. The molecule has 1 aromatic heterocycles. The smallest absolute Gasteiger partial charge is 0.0998 e. The highest BCUT2D eigenvalue weighted by molar-refractivity contribution is 9.10. The van der Waals surface area contributed by atoms with Gasteiger partial charge in [0, 0.05) is 27.1 Å². The molecule has 2 aromatic carbocycles. The van der Waals surface area contributed by atoms with Crippen molar-refractivity contribution in [2.45, 2.75) is 6.92 Å². The second-order valence-electron chi connectivity index (χ2n) is 5.25. The third kappa shape index (κ3) is 2.90. The molecule has 0 fully saturated rings. The van der Waals surface area contributed by atoms with Gasteiger partial charge in [0.05, 0.1) is 23.3 Å². The molecule has 0 spiro atoms. The van der Waals surface area contributed by atoms with Crippen molar-refractivity contribution in [1.29, 1.82) is 10.5 Å². The van der Waals surface area contributed by atoms with E-state index in [1.807, 2.05) is 43.5 Å². The number of rotatable bonds is 2. The first-order valence-electron chi connectivity index (χ1n) is 7.02. The predicted molar refractivity (Wildman–Crippen MR) is 95.4 cm³/mol. The maximum Gasteiger partial charge on any atom is 0.0998 e. The van der Waals surface area contributed by atoms with Crippen LogP contribution in [0.1, 0.15) is 22.3 Å². The topological polar surface area (TPSA) is 63.4 Å². The van der Waals surface area contributed by atoms with Crippen LogP contribution in [0.15, 0.2) is 47.1 Å². The fourth-order valence-electron chi connectivity index (χ4n) is 2.51. The Bertz CT molecular complexity index is 1010. The second kappa shape index (κ2) is 6.12. The van der Waals surface area contributed by atoms with E-state index in [9.17, 15) is 5.26 Å². The van der Waals surface area contributed by atoms with Crippen LogP contribution >= 0.6 is 15.9 Å². The average molecular weight is 362 g/mol. The van der Waals surface area contributed by atoms with E-state index < -0.39 is 0 Å². The normalized spacial score (nSPS) is 11.2. The van der Waals surface area contributed by atoms with E-state index >= 15 is 0 Å². The highest BCUT2D eigenvalue weighted by Crippen LogP contribution is 2.29. The fourth-order valence-corrected chi connectivity index (χ4v) is 2.87. The molecule has 3 rings (SSSR count). The summed E-state index contributed by atoms with van der Waals surface area (Å²) in [5, 5.41) is 19.6. The summed E-state index contributed by atoms with van der Waals surface area (Å²) < 4.78 is 0.964. The number of halogens is 1. The lowest BCUT2D eigenvalue weighted by atomic mass is 9.99. The minimum Gasteiger partial charge on any atom is -0.361 e. The molecule has 0 amide bonds. The quantitative estimate of drug-likeness (QED) is 0.639. The summed E-state index contributed by atoms with van der Waals surface area (Å²) in [7, 11) is 0. The molecule has 1 heterocycles. The van der Waals surface area contributed by atoms with Gasteiger partial charge >= 0.3 is 0 Å². The van der Waals surface area contributed by atoms with Gasteiger partial charge in [-0.15, -0.1) is 0 Å². The van der Waals surface area contributed by atoms with Gasteiger partial charge in [0.2, 0.25) is 0 Å². The van der Waals surface area contributed by atoms with Gasteiger partial charge in [0.25, 0.3) is 0 Å². The molecule has 0 aliphatic carbocycles. The standard InChI is InChI=1S/C19H12BrN3/c1-12-2-3-13(9-21)6-14(12)7-15(10-22)18-11-23-19-5-4-16(20)8-17(18)19/h2-8,11,23H,1H3/b15-7+. The lowest BCUT2D eigenvalue weighted by molar-refractivity contribution is 1.41. The summed E-state index contributed by atoms with van der Waals surface area (Å²) in [6.07, 6.45) is 3.68. The molecular weight excluding hydrogens is 350 g/mol. The molecule has 110 valence electrons. The highest BCUT2D eigenvalue weighted by atomic mass is 79.9. The van der Waals surface area contributed by atoms with E-state index in [0.717, 1.165) is 32.1 Å². The monoisotopic (exact) mass is 361 g/mol. The molecule has 3 aromatic rings. The summed E-state index contributed by atoms with van der Waals surface area (Å²) in [5.41, 5.74) is 4.88. The maximum atomic E-state index is 9.60. The summed E-state index contributed by atoms with van der Waals surface area (Å²) in [4.78, 5) is 3.19. The molecule has 23 heavy (non-hydrogen) atoms. The number of H-pyrrole nitrogens is 1.